The Morgan fingerprint density at radius 2 is 2.00 bits per heavy atom. The second-order valence-electron chi connectivity index (χ2n) is 5.30. The molecule has 1 aromatic heterocycles. The van der Waals surface area contributed by atoms with E-state index in [1.165, 1.54) is 4.90 Å². The van der Waals surface area contributed by atoms with Gasteiger partial charge in [0.1, 0.15) is 0 Å². The molecule has 1 amide bonds. The van der Waals surface area contributed by atoms with Gasteiger partial charge in [0.05, 0.1) is 12.0 Å². The van der Waals surface area contributed by atoms with E-state index >= 15 is 0 Å². The summed E-state index contributed by atoms with van der Waals surface area (Å²) in [6.45, 7) is 0.630. The summed E-state index contributed by atoms with van der Waals surface area (Å²) in [5.74, 6) is -0.910. The fraction of sp³-hybridized carbons (Fsp3) is 0.727. The van der Waals surface area contributed by atoms with E-state index < -0.39 is 17.4 Å². The highest BCUT2D eigenvalue weighted by molar-refractivity contribution is 5.85. The molecule has 1 aromatic rings. The molecule has 2 aliphatic rings. The molecule has 2 heterocycles. The van der Waals surface area contributed by atoms with Crippen LogP contribution >= 0.6 is 0 Å². The number of aromatic nitrogens is 3. The third kappa shape index (κ3) is 1.96. The lowest BCUT2D eigenvalue weighted by Gasteiger charge is -2.30. The van der Waals surface area contributed by atoms with Crippen molar-refractivity contribution in [1.82, 2.24) is 19.7 Å². The van der Waals surface area contributed by atoms with Crippen molar-refractivity contribution in [3.63, 3.8) is 0 Å². The van der Waals surface area contributed by atoms with E-state index in [1.54, 1.807) is 0 Å². The molecule has 1 aliphatic carbocycles. The van der Waals surface area contributed by atoms with E-state index in [2.05, 4.69) is 10.2 Å². The fourth-order valence-corrected chi connectivity index (χ4v) is 2.53. The van der Waals surface area contributed by atoms with Gasteiger partial charge in [-0.1, -0.05) is 0 Å². The molecule has 0 radical (unpaired) electrons. The zero-order valence-electron chi connectivity index (χ0n) is 10.7. The SMILES string of the molecule is NCC1(C(=O)N2CCn3c(nnc3C(F)(F)F)C2)CC1. The minimum atomic E-state index is -4.52. The molecule has 0 aromatic carbocycles. The van der Waals surface area contributed by atoms with Gasteiger partial charge < -0.3 is 15.2 Å². The summed E-state index contributed by atoms with van der Waals surface area (Å²) in [7, 11) is 0. The average Bonchev–Trinajstić information content (AvgIpc) is 3.08. The number of alkyl halides is 3. The molecule has 0 bridgehead atoms. The van der Waals surface area contributed by atoms with Crippen molar-refractivity contribution < 1.29 is 18.0 Å². The molecule has 2 N–H and O–H groups in total. The zero-order valence-corrected chi connectivity index (χ0v) is 10.7. The van der Waals surface area contributed by atoms with Gasteiger partial charge in [-0.15, -0.1) is 10.2 Å². The summed E-state index contributed by atoms with van der Waals surface area (Å²) in [4.78, 5) is 13.8. The van der Waals surface area contributed by atoms with Crippen LogP contribution in [0.4, 0.5) is 13.2 Å². The number of rotatable bonds is 2. The van der Waals surface area contributed by atoms with E-state index in [0.717, 1.165) is 17.4 Å². The first-order chi connectivity index (χ1) is 9.37. The maximum absolute atomic E-state index is 12.7. The molecule has 1 fully saturated rings. The zero-order chi connectivity index (χ0) is 14.5. The molecule has 0 atom stereocenters. The lowest BCUT2D eigenvalue weighted by atomic mass is 10.1. The second-order valence-corrected chi connectivity index (χ2v) is 5.30. The molecule has 1 saturated carbocycles. The smallest absolute Gasteiger partial charge is 0.333 e. The van der Waals surface area contributed by atoms with Gasteiger partial charge in [0.15, 0.2) is 5.82 Å². The minimum absolute atomic E-state index is 0.0591. The molecule has 0 unspecified atom stereocenters. The number of hydrogen-bond acceptors (Lipinski definition) is 4. The molecule has 9 heteroatoms. The maximum Gasteiger partial charge on any atom is 0.451 e. The van der Waals surface area contributed by atoms with Gasteiger partial charge in [0, 0.05) is 19.6 Å². The van der Waals surface area contributed by atoms with E-state index in [-0.39, 0.29) is 37.9 Å². The van der Waals surface area contributed by atoms with E-state index in [0.29, 0.717) is 0 Å². The number of nitrogens with two attached hydrogens (primary N) is 1. The number of amides is 1. The van der Waals surface area contributed by atoms with Crippen molar-refractivity contribution in [3.05, 3.63) is 11.6 Å². The maximum atomic E-state index is 12.7. The Balaban J connectivity index is 1.80. The van der Waals surface area contributed by atoms with Crippen molar-refractivity contribution in [2.45, 2.75) is 32.1 Å². The molecule has 20 heavy (non-hydrogen) atoms. The van der Waals surface area contributed by atoms with Gasteiger partial charge in [0.25, 0.3) is 0 Å². The Morgan fingerprint density at radius 1 is 1.30 bits per heavy atom. The van der Waals surface area contributed by atoms with Crippen molar-refractivity contribution in [1.29, 1.82) is 0 Å². The summed E-state index contributed by atoms with van der Waals surface area (Å²) in [6.07, 6.45) is -3.02. The van der Waals surface area contributed by atoms with E-state index in [9.17, 15) is 18.0 Å². The van der Waals surface area contributed by atoms with Crippen LogP contribution in [0.2, 0.25) is 0 Å². The highest BCUT2D eigenvalue weighted by atomic mass is 19.4. The first-order valence-corrected chi connectivity index (χ1v) is 6.36. The molecular weight excluding hydrogens is 275 g/mol. The largest absolute Gasteiger partial charge is 0.451 e. The van der Waals surface area contributed by atoms with Crippen LogP contribution in [-0.4, -0.2) is 38.7 Å². The molecule has 0 spiro atoms. The predicted octanol–water partition coefficient (Wildman–Crippen LogP) is 0.378. The fourth-order valence-electron chi connectivity index (χ4n) is 2.53. The Labute approximate surface area is 112 Å². The number of nitrogens with zero attached hydrogens (tertiary/aromatic N) is 4. The lowest BCUT2D eigenvalue weighted by molar-refractivity contribution is -0.148. The predicted molar refractivity (Wildman–Crippen MR) is 61.2 cm³/mol. The van der Waals surface area contributed by atoms with Crippen molar-refractivity contribution >= 4 is 5.91 Å². The molecular formula is C11H14F3N5O. The highest BCUT2D eigenvalue weighted by Gasteiger charge is 2.51. The van der Waals surface area contributed by atoms with Crippen LogP contribution in [0.1, 0.15) is 24.5 Å². The molecule has 0 saturated heterocycles. The molecule has 110 valence electrons. The summed E-state index contributed by atoms with van der Waals surface area (Å²) >= 11 is 0. The van der Waals surface area contributed by atoms with Crippen molar-refractivity contribution in [3.8, 4) is 0 Å². The Morgan fingerprint density at radius 3 is 2.55 bits per heavy atom. The Hall–Kier alpha value is -1.64. The van der Waals surface area contributed by atoms with E-state index in [4.69, 9.17) is 5.73 Å². The summed E-state index contributed by atoms with van der Waals surface area (Å²) in [5, 5.41) is 6.74. The van der Waals surface area contributed by atoms with Crippen LogP contribution < -0.4 is 5.73 Å². The van der Waals surface area contributed by atoms with Crippen molar-refractivity contribution in [2.75, 3.05) is 13.1 Å². The quantitative estimate of drug-likeness (QED) is 0.854. The second kappa shape index (κ2) is 4.18. The molecule has 3 rings (SSSR count). The van der Waals surface area contributed by atoms with Gasteiger partial charge in [-0.3, -0.25) is 4.79 Å². The van der Waals surface area contributed by atoms with Crippen LogP contribution in [-0.2, 0) is 24.1 Å². The monoisotopic (exact) mass is 289 g/mol. The van der Waals surface area contributed by atoms with Crippen LogP contribution in [0.5, 0.6) is 0 Å². The third-order valence-electron chi connectivity index (χ3n) is 3.99. The number of halogens is 3. The normalized spacial score (nSPS) is 20.7. The number of carbonyl (C=O) groups is 1. The first kappa shape index (κ1) is 13.3. The third-order valence-corrected chi connectivity index (χ3v) is 3.99. The van der Waals surface area contributed by atoms with Crippen LogP contribution in [0, 0.1) is 5.41 Å². The average molecular weight is 289 g/mol. The molecule has 1 aliphatic heterocycles. The summed E-state index contributed by atoms with van der Waals surface area (Å²) in [6, 6.07) is 0. The Kier molecular flexibility index (Phi) is 2.79. The van der Waals surface area contributed by atoms with Crippen LogP contribution in [0.25, 0.3) is 0 Å². The summed E-state index contributed by atoms with van der Waals surface area (Å²) < 4.78 is 39.1. The first-order valence-electron chi connectivity index (χ1n) is 6.36. The van der Waals surface area contributed by atoms with E-state index in [1.807, 2.05) is 0 Å². The number of fused-ring (bicyclic) bond motifs is 1. The topological polar surface area (TPSA) is 77.0 Å². The molecule has 6 nitrogen and oxygen atoms in total. The van der Waals surface area contributed by atoms with Gasteiger partial charge in [-0.05, 0) is 12.8 Å². The standard InChI is InChI=1S/C11H14F3N5O/c12-11(13,14)8-17-16-7-5-18(3-4-19(7)8)9(20)10(6-15)1-2-10/h1-6,15H2. The highest BCUT2D eigenvalue weighted by Crippen LogP contribution is 2.46. The summed E-state index contributed by atoms with van der Waals surface area (Å²) in [5.41, 5.74) is 5.11. The van der Waals surface area contributed by atoms with Gasteiger partial charge in [-0.25, -0.2) is 0 Å². The van der Waals surface area contributed by atoms with Crippen molar-refractivity contribution in [2.24, 2.45) is 11.1 Å². The van der Waals surface area contributed by atoms with Gasteiger partial charge >= 0.3 is 6.18 Å². The number of hydrogen-bond donors (Lipinski definition) is 1. The van der Waals surface area contributed by atoms with Crippen LogP contribution in [0.3, 0.4) is 0 Å². The lowest BCUT2D eigenvalue weighted by Crippen LogP contribution is -2.45. The van der Waals surface area contributed by atoms with Crippen LogP contribution in [0.15, 0.2) is 0 Å². The number of carbonyl (C=O) groups excluding carboxylic acids is 1. The van der Waals surface area contributed by atoms with Gasteiger partial charge in [-0.2, -0.15) is 13.2 Å². The minimum Gasteiger partial charge on any atom is -0.333 e. The Bertz CT molecular complexity index is 549. The van der Waals surface area contributed by atoms with Gasteiger partial charge in [0.2, 0.25) is 11.7 Å².